The molecule has 8 heteroatoms. The maximum Gasteiger partial charge on any atom is 0.219 e. The summed E-state index contributed by atoms with van der Waals surface area (Å²) >= 11 is 0. The molecule has 3 aromatic heterocycles. The van der Waals surface area contributed by atoms with E-state index in [0.717, 1.165) is 35.1 Å². The van der Waals surface area contributed by atoms with Gasteiger partial charge in [-0.15, -0.1) is 0 Å². The van der Waals surface area contributed by atoms with Gasteiger partial charge in [-0.25, -0.2) is 14.6 Å². The summed E-state index contributed by atoms with van der Waals surface area (Å²) in [6, 6.07) is 1.82. The molecule has 0 aromatic carbocycles. The van der Waals surface area contributed by atoms with Gasteiger partial charge >= 0.3 is 0 Å². The first kappa shape index (κ1) is 15.6. The first-order chi connectivity index (χ1) is 12.1. The molecule has 4 rings (SSSR count). The summed E-state index contributed by atoms with van der Waals surface area (Å²) in [4.78, 5) is 23.2. The molecule has 1 atom stereocenters. The van der Waals surface area contributed by atoms with E-state index in [0.29, 0.717) is 11.7 Å². The summed E-state index contributed by atoms with van der Waals surface area (Å²) in [5.41, 5.74) is 14.1. The normalized spacial score (nSPS) is 16.5. The topological polar surface area (TPSA) is 129 Å². The SMILES string of the molecule is NC(=O)CC(C1CCCC1)n1ncc(-c2ncnc3[nH]ccc23)c1N. The Balaban J connectivity index is 1.76. The number of carbonyl (C=O) groups excluding carboxylic acids is 1. The molecule has 130 valence electrons. The van der Waals surface area contributed by atoms with Crippen LogP contribution in [0.1, 0.15) is 38.1 Å². The highest BCUT2D eigenvalue weighted by Crippen LogP contribution is 2.39. The van der Waals surface area contributed by atoms with Gasteiger partial charge < -0.3 is 16.5 Å². The number of primary amides is 1. The third-order valence-electron chi connectivity index (χ3n) is 5.11. The van der Waals surface area contributed by atoms with Gasteiger partial charge in [0.1, 0.15) is 17.8 Å². The van der Waals surface area contributed by atoms with E-state index in [4.69, 9.17) is 11.5 Å². The number of fused-ring (bicyclic) bond motifs is 1. The molecule has 3 aromatic rings. The lowest BCUT2D eigenvalue weighted by molar-refractivity contribution is -0.119. The Kier molecular flexibility index (Phi) is 3.87. The van der Waals surface area contributed by atoms with Gasteiger partial charge in [-0.3, -0.25) is 4.79 Å². The van der Waals surface area contributed by atoms with Gasteiger partial charge in [0.25, 0.3) is 0 Å². The van der Waals surface area contributed by atoms with Crippen LogP contribution in [0.4, 0.5) is 5.82 Å². The molecule has 5 N–H and O–H groups in total. The molecule has 0 radical (unpaired) electrons. The van der Waals surface area contributed by atoms with E-state index in [1.165, 1.54) is 19.2 Å². The van der Waals surface area contributed by atoms with E-state index in [9.17, 15) is 4.79 Å². The van der Waals surface area contributed by atoms with Crippen LogP contribution in [0.5, 0.6) is 0 Å². The largest absolute Gasteiger partial charge is 0.383 e. The Morgan fingerprint density at radius 1 is 1.36 bits per heavy atom. The number of hydrogen-bond donors (Lipinski definition) is 3. The number of nitrogens with one attached hydrogen (secondary N) is 1. The van der Waals surface area contributed by atoms with E-state index < -0.39 is 0 Å². The summed E-state index contributed by atoms with van der Waals surface area (Å²) in [6.07, 6.45) is 9.77. The quantitative estimate of drug-likeness (QED) is 0.655. The molecular weight excluding hydrogens is 318 g/mol. The van der Waals surface area contributed by atoms with Crippen LogP contribution in [-0.2, 0) is 4.79 Å². The molecule has 0 bridgehead atoms. The third kappa shape index (κ3) is 2.73. The minimum Gasteiger partial charge on any atom is -0.383 e. The number of anilines is 1. The van der Waals surface area contributed by atoms with Gasteiger partial charge in [0.2, 0.25) is 5.91 Å². The van der Waals surface area contributed by atoms with E-state index in [-0.39, 0.29) is 18.4 Å². The number of aromatic amines is 1. The number of nitrogens with two attached hydrogens (primary N) is 2. The Morgan fingerprint density at radius 2 is 2.16 bits per heavy atom. The second-order valence-electron chi connectivity index (χ2n) is 6.63. The van der Waals surface area contributed by atoms with E-state index in [1.54, 1.807) is 10.9 Å². The Bertz CT molecular complexity index is 907. The highest BCUT2D eigenvalue weighted by atomic mass is 16.1. The molecule has 1 aliphatic rings. The number of carbonyl (C=O) groups is 1. The molecule has 1 unspecified atom stereocenters. The fraction of sp³-hybridized carbons (Fsp3) is 0.412. The molecule has 0 aliphatic heterocycles. The van der Waals surface area contributed by atoms with Crippen LogP contribution in [0.3, 0.4) is 0 Å². The smallest absolute Gasteiger partial charge is 0.219 e. The van der Waals surface area contributed by atoms with Gasteiger partial charge in [0.05, 0.1) is 23.5 Å². The van der Waals surface area contributed by atoms with Crippen LogP contribution in [0.2, 0.25) is 0 Å². The Labute approximate surface area is 144 Å². The predicted molar refractivity (Wildman–Crippen MR) is 94.3 cm³/mol. The molecular formula is C17H21N7O. The first-order valence-corrected chi connectivity index (χ1v) is 8.55. The number of rotatable bonds is 5. The first-order valence-electron chi connectivity index (χ1n) is 8.55. The lowest BCUT2D eigenvalue weighted by atomic mass is 9.95. The molecule has 1 fully saturated rings. The van der Waals surface area contributed by atoms with Crippen LogP contribution < -0.4 is 11.5 Å². The predicted octanol–water partition coefficient (Wildman–Crippen LogP) is 2.01. The lowest BCUT2D eigenvalue weighted by Crippen LogP contribution is -2.26. The minimum absolute atomic E-state index is 0.0997. The Morgan fingerprint density at radius 3 is 2.92 bits per heavy atom. The van der Waals surface area contributed by atoms with Gasteiger partial charge in [-0.1, -0.05) is 12.8 Å². The number of H-pyrrole nitrogens is 1. The number of hydrogen-bond acceptors (Lipinski definition) is 5. The van der Waals surface area contributed by atoms with Crippen molar-refractivity contribution in [3.05, 3.63) is 24.8 Å². The Hall–Kier alpha value is -2.90. The van der Waals surface area contributed by atoms with Crippen molar-refractivity contribution in [2.75, 3.05) is 5.73 Å². The standard InChI is InChI=1S/C17H21N7O/c18-14(25)7-13(10-3-1-2-4-10)24-16(19)12(8-23-24)15-11-5-6-20-17(11)22-9-21-15/h5-6,8-10,13H,1-4,7,19H2,(H2,18,25)(H,20,21,22). The van der Waals surface area contributed by atoms with E-state index in [2.05, 4.69) is 20.1 Å². The average Bonchev–Trinajstić information content (AvgIpc) is 3.33. The molecule has 3 heterocycles. The molecule has 25 heavy (non-hydrogen) atoms. The van der Waals surface area contributed by atoms with E-state index >= 15 is 0 Å². The summed E-state index contributed by atoms with van der Waals surface area (Å²) < 4.78 is 1.76. The average molecular weight is 339 g/mol. The summed E-state index contributed by atoms with van der Waals surface area (Å²) in [5, 5.41) is 5.38. The van der Waals surface area contributed by atoms with Crippen LogP contribution in [0.15, 0.2) is 24.8 Å². The zero-order valence-electron chi connectivity index (χ0n) is 13.9. The molecule has 1 aliphatic carbocycles. The van der Waals surface area contributed by atoms with Crippen molar-refractivity contribution >= 4 is 22.8 Å². The lowest BCUT2D eigenvalue weighted by Gasteiger charge is -2.24. The fourth-order valence-corrected chi connectivity index (χ4v) is 3.91. The van der Waals surface area contributed by atoms with E-state index in [1.807, 2.05) is 12.3 Å². The van der Waals surface area contributed by atoms with Crippen LogP contribution >= 0.6 is 0 Å². The van der Waals surface area contributed by atoms with Gasteiger partial charge in [-0.2, -0.15) is 5.10 Å². The number of aromatic nitrogens is 5. The highest BCUT2D eigenvalue weighted by molar-refractivity contribution is 5.93. The molecule has 1 saturated carbocycles. The van der Waals surface area contributed by atoms with Gasteiger partial charge in [-0.05, 0) is 24.8 Å². The van der Waals surface area contributed by atoms with Crippen molar-refractivity contribution in [2.24, 2.45) is 11.7 Å². The van der Waals surface area contributed by atoms with Crippen molar-refractivity contribution in [1.82, 2.24) is 24.7 Å². The number of nitrogen functional groups attached to an aromatic ring is 1. The molecule has 0 spiro atoms. The summed E-state index contributed by atoms with van der Waals surface area (Å²) in [6.45, 7) is 0. The monoisotopic (exact) mass is 339 g/mol. The van der Waals surface area contributed by atoms with Crippen molar-refractivity contribution in [2.45, 2.75) is 38.1 Å². The maximum absolute atomic E-state index is 11.6. The zero-order chi connectivity index (χ0) is 17.4. The summed E-state index contributed by atoms with van der Waals surface area (Å²) in [5.74, 6) is 0.558. The summed E-state index contributed by atoms with van der Waals surface area (Å²) in [7, 11) is 0. The van der Waals surface area contributed by atoms with Gasteiger partial charge in [0.15, 0.2) is 0 Å². The highest BCUT2D eigenvalue weighted by Gasteiger charge is 2.30. The van der Waals surface area contributed by atoms with Crippen molar-refractivity contribution < 1.29 is 4.79 Å². The van der Waals surface area contributed by atoms with Crippen molar-refractivity contribution in [3.63, 3.8) is 0 Å². The van der Waals surface area contributed by atoms with Crippen molar-refractivity contribution in [3.8, 4) is 11.3 Å². The zero-order valence-corrected chi connectivity index (χ0v) is 13.9. The minimum atomic E-state index is -0.330. The second-order valence-corrected chi connectivity index (χ2v) is 6.63. The van der Waals surface area contributed by atoms with Crippen LogP contribution in [0, 0.1) is 5.92 Å². The number of nitrogens with zero attached hydrogens (tertiary/aromatic N) is 4. The fourth-order valence-electron chi connectivity index (χ4n) is 3.91. The van der Waals surface area contributed by atoms with Crippen molar-refractivity contribution in [1.29, 1.82) is 0 Å². The number of amides is 1. The van der Waals surface area contributed by atoms with Crippen LogP contribution in [-0.4, -0.2) is 30.6 Å². The molecule has 1 amide bonds. The third-order valence-corrected chi connectivity index (χ3v) is 5.11. The molecule has 0 saturated heterocycles. The maximum atomic E-state index is 11.6. The second kappa shape index (κ2) is 6.19. The van der Waals surface area contributed by atoms with Crippen LogP contribution in [0.25, 0.3) is 22.3 Å². The van der Waals surface area contributed by atoms with Gasteiger partial charge in [0, 0.05) is 18.0 Å². The molecule has 8 nitrogen and oxygen atoms in total.